The Hall–Kier alpha value is -3.22. The Morgan fingerprint density at radius 1 is 1.30 bits per heavy atom. The van der Waals surface area contributed by atoms with E-state index in [1.165, 1.54) is 6.07 Å². The highest BCUT2D eigenvalue weighted by atomic mass is 16.1. The van der Waals surface area contributed by atoms with Crippen molar-refractivity contribution in [1.29, 1.82) is 0 Å². The molecule has 0 atom stereocenters. The van der Waals surface area contributed by atoms with E-state index in [-0.39, 0.29) is 18.0 Å². The molecule has 2 heterocycles. The van der Waals surface area contributed by atoms with Crippen molar-refractivity contribution in [2.45, 2.75) is 13.5 Å². The summed E-state index contributed by atoms with van der Waals surface area (Å²) in [6.07, 6.45) is 3.48. The number of nitrogens with one attached hydrogen (secondary N) is 2. The fourth-order valence-electron chi connectivity index (χ4n) is 2.22. The van der Waals surface area contributed by atoms with Crippen LogP contribution in [0.1, 0.15) is 21.9 Å². The van der Waals surface area contributed by atoms with Crippen LogP contribution in [0.3, 0.4) is 0 Å². The summed E-state index contributed by atoms with van der Waals surface area (Å²) in [5, 5.41) is 6.89. The third kappa shape index (κ3) is 3.52. The van der Waals surface area contributed by atoms with Crippen molar-refractivity contribution < 1.29 is 4.79 Å². The Morgan fingerprint density at radius 3 is 2.91 bits per heavy atom. The standard InChI is InChI=1S/C16H15N5O2/c1-11-19-13(9-15(22)20-11)10-17-16(23)12-4-2-5-14(8-12)21-7-3-6-18-21/h2-9H,10H2,1H3,(H,17,23)(H,19,20,22). The first kappa shape index (κ1) is 14.7. The molecule has 0 aliphatic rings. The molecule has 23 heavy (non-hydrogen) atoms. The topological polar surface area (TPSA) is 92.7 Å². The zero-order chi connectivity index (χ0) is 16.2. The highest BCUT2D eigenvalue weighted by molar-refractivity contribution is 5.94. The van der Waals surface area contributed by atoms with Crippen LogP contribution in [0.25, 0.3) is 5.69 Å². The van der Waals surface area contributed by atoms with E-state index >= 15 is 0 Å². The summed E-state index contributed by atoms with van der Waals surface area (Å²) < 4.78 is 1.68. The number of rotatable bonds is 4. The van der Waals surface area contributed by atoms with Crippen LogP contribution in [0, 0.1) is 6.92 Å². The summed E-state index contributed by atoms with van der Waals surface area (Å²) in [6.45, 7) is 1.88. The molecule has 0 bridgehead atoms. The van der Waals surface area contributed by atoms with Gasteiger partial charge in [-0.3, -0.25) is 9.59 Å². The van der Waals surface area contributed by atoms with E-state index in [2.05, 4.69) is 20.4 Å². The number of aromatic amines is 1. The molecule has 0 unspecified atom stereocenters. The van der Waals surface area contributed by atoms with Crippen molar-refractivity contribution in [3.63, 3.8) is 0 Å². The highest BCUT2D eigenvalue weighted by Gasteiger charge is 2.08. The predicted octanol–water partition coefficient (Wildman–Crippen LogP) is 1.19. The predicted molar refractivity (Wildman–Crippen MR) is 84.3 cm³/mol. The molecule has 0 spiro atoms. The normalized spacial score (nSPS) is 10.5. The van der Waals surface area contributed by atoms with E-state index in [4.69, 9.17) is 0 Å². The number of aromatic nitrogens is 4. The molecule has 1 amide bonds. The molecule has 1 aromatic carbocycles. The maximum absolute atomic E-state index is 12.3. The second-order valence-electron chi connectivity index (χ2n) is 5.01. The Balaban J connectivity index is 1.73. The number of aryl methyl sites for hydroxylation is 1. The Labute approximate surface area is 132 Å². The van der Waals surface area contributed by atoms with E-state index < -0.39 is 0 Å². The van der Waals surface area contributed by atoms with E-state index in [0.717, 1.165) is 5.69 Å². The van der Waals surface area contributed by atoms with Gasteiger partial charge in [0.2, 0.25) is 0 Å². The Kier molecular flexibility index (Phi) is 4.01. The SMILES string of the molecule is Cc1nc(CNC(=O)c2cccc(-n3cccn3)c2)cc(=O)[nH]1. The minimum absolute atomic E-state index is 0.190. The van der Waals surface area contributed by atoms with Crippen LogP contribution in [0.15, 0.2) is 53.6 Å². The number of carbonyl (C=O) groups is 1. The van der Waals surface area contributed by atoms with Crippen LogP contribution in [0.2, 0.25) is 0 Å². The summed E-state index contributed by atoms with van der Waals surface area (Å²) >= 11 is 0. The summed E-state index contributed by atoms with van der Waals surface area (Å²) in [7, 11) is 0. The third-order valence-corrected chi connectivity index (χ3v) is 3.22. The van der Waals surface area contributed by atoms with E-state index in [1.807, 2.05) is 12.1 Å². The molecular formula is C16H15N5O2. The summed E-state index contributed by atoms with van der Waals surface area (Å²) in [5.41, 5.74) is 1.59. The molecule has 3 aromatic rings. The van der Waals surface area contributed by atoms with Crippen LogP contribution in [-0.4, -0.2) is 25.7 Å². The molecule has 0 fully saturated rings. The largest absolute Gasteiger partial charge is 0.346 e. The average molecular weight is 309 g/mol. The molecule has 0 radical (unpaired) electrons. The van der Waals surface area contributed by atoms with Crippen molar-refractivity contribution >= 4 is 5.91 Å². The van der Waals surface area contributed by atoms with Gasteiger partial charge in [0.25, 0.3) is 11.5 Å². The highest BCUT2D eigenvalue weighted by Crippen LogP contribution is 2.09. The zero-order valence-corrected chi connectivity index (χ0v) is 12.5. The summed E-state index contributed by atoms with van der Waals surface area (Å²) in [4.78, 5) is 30.4. The van der Waals surface area contributed by atoms with Crippen molar-refractivity contribution in [3.8, 4) is 5.69 Å². The molecule has 2 N–H and O–H groups in total. The van der Waals surface area contributed by atoms with Gasteiger partial charge in [-0.25, -0.2) is 9.67 Å². The van der Waals surface area contributed by atoms with Crippen molar-refractivity contribution in [2.24, 2.45) is 0 Å². The Morgan fingerprint density at radius 2 is 2.17 bits per heavy atom. The summed E-state index contributed by atoms with van der Waals surface area (Å²) in [6, 6.07) is 10.3. The maximum atomic E-state index is 12.3. The number of H-pyrrole nitrogens is 1. The van der Waals surface area contributed by atoms with Gasteiger partial charge in [0.1, 0.15) is 5.82 Å². The van der Waals surface area contributed by atoms with Crippen molar-refractivity contribution in [1.82, 2.24) is 25.1 Å². The minimum atomic E-state index is -0.237. The van der Waals surface area contributed by atoms with Crippen LogP contribution in [0.4, 0.5) is 0 Å². The molecule has 0 saturated carbocycles. The second-order valence-corrected chi connectivity index (χ2v) is 5.01. The third-order valence-electron chi connectivity index (χ3n) is 3.22. The van der Waals surface area contributed by atoms with Gasteiger partial charge in [-0.05, 0) is 31.2 Å². The van der Waals surface area contributed by atoms with Gasteiger partial charge in [0.15, 0.2) is 0 Å². The number of hydrogen-bond acceptors (Lipinski definition) is 4. The molecule has 0 aliphatic heterocycles. The van der Waals surface area contributed by atoms with Crippen LogP contribution >= 0.6 is 0 Å². The molecule has 3 rings (SSSR count). The molecule has 7 heteroatoms. The van der Waals surface area contributed by atoms with E-state index in [9.17, 15) is 9.59 Å². The van der Waals surface area contributed by atoms with E-state index in [0.29, 0.717) is 17.1 Å². The fourth-order valence-corrected chi connectivity index (χ4v) is 2.22. The molecule has 0 saturated heterocycles. The fraction of sp³-hybridized carbons (Fsp3) is 0.125. The van der Waals surface area contributed by atoms with Crippen LogP contribution < -0.4 is 10.9 Å². The first-order valence-corrected chi connectivity index (χ1v) is 7.07. The number of amides is 1. The number of hydrogen-bond donors (Lipinski definition) is 2. The van der Waals surface area contributed by atoms with Gasteiger partial charge in [-0.1, -0.05) is 6.07 Å². The first-order valence-electron chi connectivity index (χ1n) is 7.07. The lowest BCUT2D eigenvalue weighted by molar-refractivity contribution is 0.0950. The number of nitrogens with zero attached hydrogens (tertiary/aromatic N) is 3. The molecule has 2 aromatic heterocycles. The lowest BCUT2D eigenvalue weighted by Crippen LogP contribution is -2.25. The van der Waals surface area contributed by atoms with Gasteiger partial charge in [0.05, 0.1) is 17.9 Å². The van der Waals surface area contributed by atoms with Crippen molar-refractivity contribution in [2.75, 3.05) is 0 Å². The molecule has 0 aliphatic carbocycles. The van der Waals surface area contributed by atoms with Gasteiger partial charge in [0, 0.05) is 24.0 Å². The maximum Gasteiger partial charge on any atom is 0.251 e. The Bertz CT molecular complexity index is 883. The quantitative estimate of drug-likeness (QED) is 0.757. The van der Waals surface area contributed by atoms with Gasteiger partial charge in [-0.2, -0.15) is 5.10 Å². The summed E-state index contributed by atoms with van der Waals surface area (Å²) in [5.74, 6) is 0.279. The number of benzene rings is 1. The molecule has 7 nitrogen and oxygen atoms in total. The minimum Gasteiger partial charge on any atom is -0.346 e. The number of carbonyl (C=O) groups excluding carboxylic acids is 1. The van der Waals surface area contributed by atoms with E-state index in [1.54, 1.807) is 42.2 Å². The lowest BCUT2D eigenvalue weighted by atomic mass is 10.2. The van der Waals surface area contributed by atoms with Crippen LogP contribution in [-0.2, 0) is 6.54 Å². The van der Waals surface area contributed by atoms with Gasteiger partial charge in [-0.15, -0.1) is 0 Å². The first-order chi connectivity index (χ1) is 11.1. The zero-order valence-electron chi connectivity index (χ0n) is 12.5. The smallest absolute Gasteiger partial charge is 0.251 e. The van der Waals surface area contributed by atoms with Crippen LogP contribution in [0.5, 0.6) is 0 Å². The molecule has 116 valence electrons. The second kappa shape index (κ2) is 6.27. The van der Waals surface area contributed by atoms with Gasteiger partial charge < -0.3 is 10.3 Å². The molecular weight excluding hydrogens is 294 g/mol. The monoisotopic (exact) mass is 309 g/mol. The average Bonchev–Trinajstić information content (AvgIpc) is 3.06. The van der Waals surface area contributed by atoms with Gasteiger partial charge >= 0.3 is 0 Å². The van der Waals surface area contributed by atoms with Crippen molar-refractivity contribution in [3.05, 3.63) is 76.2 Å². The lowest BCUT2D eigenvalue weighted by Gasteiger charge is -2.07.